The molecule has 272 valence electrons. The molecule has 13 heteroatoms. The standard InChI is InChI=1S/C37H45F5N4O4/c1-35(2)16-29-32(30(49)17-35)31(23-7-11-36(38,39)12-8-23)28(15-22-3-5-25(6-4-22)37(40,41)42)33(45-29)24-9-13-46(14-10-24)34-43-18-27(19-44-34)50-21-26(48)20-47/h3-6,18-19,23-24,26,30,47-49H,7-17,20-21H2,1-2H3. The fourth-order valence-corrected chi connectivity index (χ4v) is 7.87. The second-order valence-corrected chi connectivity index (χ2v) is 14.9. The van der Waals surface area contributed by atoms with Gasteiger partial charge in [-0.1, -0.05) is 26.0 Å². The molecule has 0 radical (unpaired) electrons. The zero-order valence-electron chi connectivity index (χ0n) is 28.4. The van der Waals surface area contributed by atoms with E-state index in [0.29, 0.717) is 56.0 Å². The quantitative estimate of drug-likeness (QED) is 0.207. The van der Waals surface area contributed by atoms with Crippen molar-refractivity contribution < 1.29 is 42.0 Å². The lowest BCUT2D eigenvalue weighted by molar-refractivity contribution is -0.137. The van der Waals surface area contributed by atoms with Crippen LogP contribution in [0.2, 0.25) is 0 Å². The molecule has 1 aliphatic heterocycles. The second-order valence-electron chi connectivity index (χ2n) is 14.9. The maximum Gasteiger partial charge on any atom is 0.416 e. The summed E-state index contributed by atoms with van der Waals surface area (Å²) in [5.74, 6) is -2.12. The van der Waals surface area contributed by atoms with Gasteiger partial charge in [0.05, 0.1) is 30.7 Å². The van der Waals surface area contributed by atoms with Crippen molar-refractivity contribution in [1.82, 2.24) is 15.0 Å². The van der Waals surface area contributed by atoms with Crippen LogP contribution in [0.15, 0.2) is 36.7 Å². The number of hydrogen-bond donors (Lipinski definition) is 3. The van der Waals surface area contributed by atoms with E-state index >= 15 is 0 Å². The van der Waals surface area contributed by atoms with Crippen LogP contribution in [0.1, 0.15) is 116 Å². The van der Waals surface area contributed by atoms with Crippen LogP contribution in [0.4, 0.5) is 27.9 Å². The van der Waals surface area contributed by atoms with Gasteiger partial charge in [-0.05, 0) is 85.1 Å². The monoisotopic (exact) mass is 704 g/mol. The van der Waals surface area contributed by atoms with Crippen molar-refractivity contribution in [1.29, 1.82) is 0 Å². The van der Waals surface area contributed by atoms with E-state index in [2.05, 4.69) is 23.8 Å². The summed E-state index contributed by atoms with van der Waals surface area (Å²) in [7, 11) is 0. The summed E-state index contributed by atoms with van der Waals surface area (Å²) in [6.45, 7) is 4.86. The Balaban J connectivity index is 1.35. The van der Waals surface area contributed by atoms with Crippen LogP contribution < -0.4 is 9.64 Å². The molecule has 3 aromatic rings. The molecule has 8 nitrogen and oxygen atoms in total. The van der Waals surface area contributed by atoms with Crippen LogP contribution in [0.25, 0.3) is 0 Å². The molecule has 50 heavy (non-hydrogen) atoms. The molecule has 1 aromatic carbocycles. The minimum atomic E-state index is -4.47. The lowest BCUT2D eigenvalue weighted by Gasteiger charge is -2.40. The van der Waals surface area contributed by atoms with Gasteiger partial charge in [0.1, 0.15) is 12.7 Å². The van der Waals surface area contributed by atoms with Gasteiger partial charge in [0.25, 0.3) is 0 Å². The first kappa shape index (κ1) is 36.4. The van der Waals surface area contributed by atoms with Crippen LogP contribution in [0.3, 0.4) is 0 Å². The first-order valence-electron chi connectivity index (χ1n) is 17.4. The van der Waals surface area contributed by atoms with Gasteiger partial charge in [0.2, 0.25) is 11.9 Å². The van der Waals surface area contributed by atoms with E-state index in [-0.39, 0.29) is 56.0 Å². The number of nitrogens with zero attached hydrogens (tertiary/aromatic N) is 4. The highest BCUT2D eigenvalue weighted by molar-refractivity contribution is 5.50. The smallest absolute Gasteiger partial charge is 0.416 e. The number of aliphatic hydroxyl groups excluding tert-OH is 3. The lowest BCUT2D eigenvalue weighted by atomic mass is 9.68. The predicted molar refractivity (Wildman–Crippen MR) is 177 cm³/mol. The molecule has 1 saturated carbocycles. The van der Waals surface area contributed by atoms with Gasteiger partial charge in [-0.2, -0.15) is 13.2 Å². The number of rotatable bonds is 9. The van der Waals surface area contributed by atoms with E-state index in [1.807, 2.05) is 4.90 Å². The molecule has 2 fully saturated rings. The number of ether oxygens (including phenoxy) is 1. The fraction of sp³-hybridized carbons (Fsp3) is 0.595. The SMILES string of the molecule is CC1(C)Cc2nc(C3CCN(c4ncc(OCC(O)CO)cn4)CC3)c(Cc3ccc(C(F)(F)F)cc3)c(C3CCC(F)(F)CC3)c2C(O)C1. The number of pyridine rings is 1. The van der Waals surface area contributed by atoms with E-state index in [4.69, 9.17) is 14.8 Å². The third kappa shape index (κ3) is 8.21. The minimum absolute atomic E-state index is 0.0189. The summed E-state index contributed by atoms with van der Waals surface area (Å²) in [5, 5.41) is 30.2. The van der Waals surface area contributed by atoms with Crippen molar-refractivity contribution in [2.75, 3.05) is 31.2 Å². The largest absolute Gasteiger partial charge is 0.488 e. The van der Waals surface area contributed by atoms with Gasteiger partial charge >= 0.3 is 6.18 Å². The summed E-state index contributed by atoms with van der Waals surface area (Å²) >= 11 is 0. The number of aromatic nitrogens is 3. The molecular formula is C37H45F5N4O4. The Morgan fingerprint density at radius 2 is 1.60 bits per heavy atom. The molecule has 2 unspecified atom stereocenters. The normalized spacial score (nSPS) is 21.9. The average molecular weight is 705 g/mol. The summed E-state index contributed by atoms with van der Waals surface area (Å²) < 4.78 is 74.6. The van der Waals surface area contributed by atoms with Gasteiger partial charge in [-0.25, -0.2) is 18.7 Å². The van der Waals surface area contributed by atoms with E-state index in [0.717, 1.165) is 40.2 Å². The maximum absolute atomic E-state index is 14.5. The van der Waals surface area contributed by atoms with Crippen LogP contribution in [-0.2, 0) is 19.0 Å². The minimum Gasteiger partial charge on any atom is -0.488 e. The Labute approximate surface area is 288 Å². The fourth-order valence-electron chi connectivity index (χ4n) is 7.87. The number of anilines is 1. The molecule has 0 spiro atoms. The van der Waals surface area contributed by atoms with E-state index in [9.17, 15) is 32.2 Å². The Morgan fingerprint density at radius 1 is 0.960 bits per heavy atom. The molecule has 0 amide bonds. The molecule has 0 bridgehead atoms. The van der Waals surface area contributed by atoms with Crippen molar-refractivity contribution in [3.05, 3.63) is 75.9 Å². The average Bonchev–Trinajstić information content (AvgIpc) is 3.07. The Morgan fingerprint density at radius 3 is 2.20 bits per heavy atom. The van der Waals surface area contributed by atoms with Gasteiger partial charge in [0.15, 0.2) is 5.75 Å². The van der Waals surface area contributed by atoms with Gasteiger partial charge < -0.3 is 25.0 Å². The lowest BCUT2D eigenvalue weighted by Crippen LogP contribution is -2.36. The summed E-state index contributed by atoms with van der Waals surface area (Å²) in [4.78, 5) is 16.2. The van der Waals surface area contributed by atoms with E-state index in [1.54, 1.807) is 0 Å². The summed E-state index contributed by atoms with van der Waals surface area (Å²) in [6.07, 6.45) is -0.499. The van der Waals surface area contributed by atoms with Crippen molar-refractivity contribution in [3.63, 3.8) is 0 Å². The van der Waals surface area contributed by atoms with E-state index in [1.165, 1.54) is 24.5 Å². The molecule has 3 heterocycles. The number of halogens is 5. The van der Waals surface area contributed by atoms with Crippen molar-refractivity contribution in [2.45, 2.75) is 108 Å². The number of piperidine rings is 1. The number of hydrogen-bond acceptors (Lipinski definition) is 8. The third-order valence-electron chi connectivity index (χ3n) is 10.4. The van der Waals surface area contributed by atoms with Crippen molar-refractivity contribution in [2.24, 2.45) is 5.41 Å². The highest BCUT2D eigenvalue weighted by atomic mass is 19.4. The number of benzene rings is 1. The topological polar surface area (TPSA) is 112 Å². The Bertz CT molecular complexity index is 1620. The Kier molecular flexibility index (Phi) is 10.4. The van der Waals surface area contributed by atoms with Crippen LogP contribution in [0, 0.1) is 5.41 Å². The molecule has 1 saturated heterocycles. The second kappa shape index (κ2) is 14.3. The maximum atomic E-state index is 14.5. The first-order valence-corrected chi connectivity index (χ1v) is 17.4. The Hall–Kier alpha value is -3.42. The van der Waals surface area contributed by atoms with Crippen LogP contribution >= 0.6 is 0 Å². The van der Waals surface area contributed by atoms with Crippen molar-refractivity contribution in [3.8, 4) is 5.75 Å². The zero-order chi connectivity index (χ0) is 35.8. The highest BCUT2D eigenvalue weighted by Gasteiger charge is 2.42. The molecule has 6 rings (SSSR count). The molecule has 3 N–H and O–H groups in total. The molecule has 2 aliphatic carbocycles. The summed E-state index contributed by atoms with van der Waals surface area (Å²) in [6, 6.07) is 5.09. The van der Waals surface area contributed by atoms with Gasteiger partial charge in [-0.3, -0.25) is 4.98 Å². The van der Waals surface area contributed by atoms with Crippen LogP contribution in [0.5, 0.6) is 5.75 Å². The molecule has 2 aromatic heterocycles. The first-order chi connectivity index (χ1) is 23.6. The van der Waals surface area contributed by atoms with Gasteiger partial charge in [-0.15, -0.1) is 0 Å². The molecule has 2 atom stereocenters. The number of fused-ring (bicyclic) bond motifs is 1. The highest BCUT2D eigenvalue weighted by Crippen LogP contribution is 2.50. The molecule has 3 aliphatic rings. The number of aliphatic hydroxyl groups is 3. The van der Waals surface area contributed by atoms with Crippen molar-refractivity contribution >= 4 is 5.95 Å². The molecular weight excluding hydrogens is 659 g/mol. The zero-order valence-corrected chi connectivity index (χ0v) is 28.4. The van der Waals surface area contributed by atoms with Gasteiger partial charge in [0, 0.05) is 48.8 Å². The van der Waals surface area contributed by atoms with Crippen LogP contribution in [-0.4, -0.2) is 68.6 Å². The predicted octanol–water partition coefficient (Wildman–Crippen LogP) is 6.90. The van der Waals surface area contributed by atoms with E-state index < -0.39 is 36.5 Å². The third-order valence-corrected chi connectivity index (χ3v) is 10.4. The summed E-state index contributed by atoms with van der Waals surface area (Å²) in [5.41, 5.74) is 3.77. The number of alkyl halides is 5.